The monoisotopic (exact) mass is 262 g/mol. The van der Waals surface area contributed by atoms with E-state index in [4.69, 9.17) is 15.0 Å². The van der Waals surface area contributed by atoms with E-state index in [0.717, 1.165) is 23.4 Å². The summed E-state index contributed by atoms with van der Waals surface area (Å²) in [6.07, 6.45) is 0. The molecule has 0 aliphatic carbocycles. The summed E-state index contributed by atoms with van der Waals surface area (Å²) < 4.78 is 12.1. The molecule has 1 aliphatic rings. The van der Waals surface area contributed by atoms with Crippen LogP contribution < -0.4 is 16.5 Å². The highest BCUT2D eigenvalue weighted by atomic mass is 16.7. The molecule has 4 nitrogen and oxygen atoms in total. The van der Waals surface area contributed by atoms with Crippen molar-refractivity contribution in [1.82, 2.24) is 0 Å². The van der Waals surface area contributed by atoms with Gasteiger partial charge in [-0.3, -0.25) is 0 Å². The summed E-state index contributed by atoms with van der Waals surface area (Å²) >= 11 is 0. The third kappa shape index (κ3) is 2.58. The number of anilines is 2. The second-order valence-electron chi connectivity index (χ2n) is 5.97. The normalized spacial score (nSPS) is 20.6. The molecule has 1 aromatic carbocycles. The van der Waals surface area contributed by atoms with E-state index in [-0.39, 0.29) is 18.3 Å². The summed E-state index contributed by atoms with van der Waals surface area (Å²) in [6, 6.07) is 5.84. The van der Waals surface area contributed by atoms with Crippen molar-refractivity contribution in [3.63, 3.8) is 0 Å². The van der Waals surface area contributed by atoms with E-state index >= 15 is 0 Å². The van der Waals surface area contributed by atoms with Crippen LogP contribution in [0.25, 0.3) is 0 Å². The summed E-state index contributed by atoms with van der Waals surface area (Å²) in [5.41, 5.74) is 7.95. The van der Waals surface area contributed by atoms with E-state index in [1.807, 2.05) is 25.1 Å². The Balaban J connectivity index is 2.27. The first kappa shape index (κ1) is 14.2. The zero-order chi connectivity index (χ0) is 14.3. The van der Waals surface area contributed by atoms with E-state index in [9.17, 15) is 0 Å². The Morgan fingerprint density at radius 2 is 1.74 bits per heavy atom. The van der Waals surface area contributed by atoms with Gasteiger partial charge >= 0.3 is 7.12 Å². The molecule has 0 amide bonds. The van der Waals surface area contributed by atoms with Gasteiger partial charge in [-0.2, -0.15) is 0 Å². The molecule has 0 bridgehead atoms. The molecule has 2 rings (SSSR count). The van der Waals surface area contributed by atoms with Crippen molar-refractivity contribution >= 4 is 24.0 Å². The lowest BCUT2D eigenvalue weighted by Gasteiger charge is -2.32. The topological polar surface area (TPSA) is 56.5 Å². The third-order valence-electron chi connectivity index (χ3n) is 3.97. The SMILES string of the molecule is CCNc1cc(B2OC(C)(C)C(C)(C)O2)ccc1N. The van der Waals surface area contributed by atoms with Gasteiger partial charge in [-0.25, -0.2) is 0 Å². The summed E-state index contributed by atoms with van der Waals surface area (Å²) in [5.74, 6) is 0. The second kappa shape index (κ2) is 4.73. The van der Waals surface area contributed by atoms with Crippen LogP contribution in [0.4, 0.5) is 11.4 Å². The van der Waals surface area contributed by atoms with Gasteiger partial charge in [-0.1, -0.05) is 6.07 Å². The minimum absolute atomic E-state index is 0.322. The second-order valence-corrected chi connectivity index (χ2v) is 5.97. The number of benzene rings is 1. The molecule has 1 fully saturated rings. The maximum Gasteiger partial charge on any atom is 0.494 e. The van der Waals surface area contributed by atoms with Crippen molar-refractivity contribution in [3.05, 3.63) is 18.2 Å². The molecule has 1 aliphatic heterocycles. The van der Waals surface area contributed by atoms with Gasteiger partial charge in [0.2, 0.25) is 0 Å². The number of nitrogens with two attached hydrogens (primary N) is 1. The average Bonchev–Trinajstić information content (AvgIpc) is 2.51. The van der Waals surface area contributed by atoms with Gasteiger partial charge in [-0.15, -0.1) is 0 Å². The lowest BCUT2D eigenvalue weighted by atomic mass is 9.79. The number of rotatable bonds is 3. The number of hydrogen-bond donors (Lipinski definition) is 2. The molecule has 0 saturated carbocycles. The Kier molecular flexibility index (Phi) is 3.54. The molecule has 0 aromatic heterocycles. The van der Waals surface area contributed by atoms with E-state index < -0.39 is 0 Å². The van der Waals surface area contributed by atoms with Gasteiger partial charge < -0.3 is 20.4 Å². The minimum Gasteiger partial charge on any atom is -0.399 e. The Labute approximate surface area is 115 Å². The summed E-state index contributed by atoms with van der Waals surface area (Å²) in [4.78, 5) is 0. The highest BCUT2D eigenvalue weighted by Gasteiger charge is 2.51. The molecule has 1 saturated heterocycles. The molecule has 0 spiro atoms. The van der Waals surface area contributed by atoms with Crippen molar-refractivity contribution in [2.24, 2.45) is 0 Å². The van der Waals surface area contributed by atoms with E-state index in [1.165, 1.54) is 0 Å². The molecule has 0 atom stereocenters. The predicted octanol–water partition coefficient (Wildman–Crippen LogP) is 2.00. The Hall–Kier alpha value is -1.20. The fourth-order valence-electron chi connectivity index (χ4n) is 2.04. The third-order valence-corrected chi connectivity index (χ3v) is 3.97. The van der Waals surface area contributed by atoms with Crippen LogP contribution in [-0.4, -0.2) is 24.9 Å². The molecule has 0 radical (unpaired) electrons. The fraction of sp³-hybridized carbons (Fsp3) is 0.571. The van der Waals surface area contributed by atoms with Gasteiger partial charge in [0.25, 0.3) is 0 Å². The van der Waals surface area contributed by atoms with Crippen LogP contribution in [0.1, 0.15) is 34.6 Å². The van der Waals surface area contributed by atoms with Crippen LogP contribution in [0.2, 0.25) is 0 Å². The van der Waals surface area contributed by atoms with E-state index in [2.05, 4.69) is 33.0 Å². The van der Waals surface area contributed by atoms with Crippen LogP contribution in [0.3, 0.4) is 0 Å². The van der Waals surface area contributed by atoms with Crippen molar-refractivity contribution < 1.29 is 9.31 Å². The first-order valence-corrected chi connectivity index (χ1v) is 6.76. The number of nitrogens with one attached hydrogen (secondary N) is 1. The molecule has 19 heavy (non-hydrogen) atoms. The zero-order valence-electron chi connectivity index (χ0n) is 12.4. The first-order valence-electron chi connectivity index (χ1n) is 6.76. The van der Waals surface area contributed by atoms with Crippen molar-refractivity contribution in [1.29, 1.82) is 0 Å². The highest BCUT2D eigenvalue weighted by Crippen LogP contribution is 2.36. The number of nitrogen functional groups attached to an aromatic ring is 1. The van der Waals surface area contributed by atoms with Gasteiger partial charge in [0.05, 0.1) is 22.6 Å². The van der Waals surface area contributed by atoms with Gasteiger partial charge in [0, 0.05) is 6.54 Å². The summed E-state index contributed by atoms with van der Waals surface area (Å²) in [6.45, 7) is 11.1. The largest absolute Gasteiger partial charge is 0.494 e. The fourth-order valence-corrected chi connectivity index (χ4v) is 2.04. The van der Waals surface area contributed by atoms with E-state index in [0.29, 0.717) is 0 Å². The molecule has 3 N–H and O–H groups in total. The van der Waals surface area contributed by atoms with Gasteiger partial charge in [0.1, 0.15) is 0 Å². The molecule has 104 valence electrons. The van der Waals surface area contributed by atoms with Crippen molar-refractivity contribution in [3.8, 4) is 0 Å². The quantitative estimate of drug-likeness (QED) is 0.646. The standard InChI is InChI=1S/C14H23BN2O2/c1-6-17-12-9-10(7-8-11(12)16)15-18-13(2,3)14(4,5)19-15/h7-9,17H,6,16H2,1-5H3. The van der Waals surface area contributed by atoms with Crippen molar-refractivity contribution in [2.45, 2.75) is 45.8 Å². The van der Waals surface area contributed by atoms with E-state index in [1.54, 1.807) is 0 Å². The van der Waals surface area contributed by atoms with Crippen molar-refractivity contribution in [2.75, 3.05) is 17.6 Å². The van der Waals surface area contributed by atoms with Crippen LogP contribution >= 0.6 is 0 Å². The molecular formula is C14H23BN2O2. The summed E-state index contributed by atoms with van der Waals surface area (Å²) in [5, 5.41) is 3.25. The maximum absolute atomic E-state index is 6.03. The Bertz CT molecular complexity index is 459. The molecule has 1 aromatic rings. The van der Waals surface area contributed by atoms with Crippen LogP contribution in [0.5, 0.6) is 0 Å². The molecule has 5 heteroatoms. The molecule has 0 unspecified atom stereocenters. The predicted molar refractivity (Wildman–Crippen MR) is 80.7 cm³/mol. The zero-order valence-corrected chi connectivity index (χ0v) is 12.4. The smallest absolute Gasteiger partial charge is 0.399 e. The molecule has 1 heterocycles. The number of hydrogen-bond acceptors (Lipinski definition) is 4. The average molecular weight is 262 g/mol. The van der Waals surface area contributed by atoms with Crippen LogP contribution in [-0.2, 0) is 9.31 Å². The van der Waals surface area contributed by atoms with Gasteiger partial charge in [0.15, 0.2) is 0 Å². The Morgan fingerprint density at radius 3 is 2.26 bits per heavy atom. The lowest BCUT2D eigenvalue weighted by molar-refractivity contribution is 0.00578. The maximum atomic E-state index is 6.03. The van der Waals surface area contributed by atoms with Crippen LogP contribution in [0, 0.1) is 0 Å². The lowest BCUT2D eigenvalue weighted by Crippen LogP contribution is -2.41. The van der Waals surface area contributed by atoms with Gasteiger partial charge in [-0.05, 0) is 52.2 Å². The van der Waals surface area contributed by atoms with Crippen LogP contribution in [0.15, 0.2) is 18.2 Å². The Morgan fingerprint density at radius 1 is 1.16 bits per heavy atom. The first-order chi connectivity index (χ1) is 8.77. The molecular weight excluding hydrogens is 239 g/mol. The highest BCUT2D eigenvalue weighted by molar-refractivity contribution is 6.62. The summed E-state index contributed by atoms with van der Waals surface area (Å²) in [7, 11) is -0.344. The minimum atomic E-state index is -0.344.